The van der Waals surface area contributed by atoms with Gasteiger partial charge in [-0.25, -0.2) is 13.3 Å². The van der Waals surface area contributed by atoms with Crippen LogP contribution in [0.5, 0.6) is 11.5 Å². The molecule has 0 fully saturated rings. The van der Waals surface area contributed by atoms with Gasteiger partial charge in [0.1, 0.15) is 30.3 Å². The van der Waals surface area contributed by atoms with Crippen LogP contribution in [0.15, 0.2) is 72.8 Å². The number of hydrogen-bond acceptors (Lipinski definition) is 4. The number of aromatic carboxylic acids is 1. The number of ether oxygens (including phenoxy) is 2. The summed E-state index contributed by atoms with van der Waals surface area (Å²) in [5.41, 5.74) is 2.29. The Balaban J connectivity index is 1.60. The summed E-state index contributed by atoms with van der Waals surface area (Å²) in [4.78, 5) is 11.2. The van der Waals surface area contributed by atoms with Crippen LogP contribution in [0, 0.1) is 6.92 Å². The molecule has 7 nitrogen and oxygen atoms in total. The summed E-state index contributed by atoms with van der Waals surface area (Å²) in [5.74, 6) is -0.217. The highest BCUT2D eigenvalue weighted by molar-refractivity contribution is 7.81. The smallest absolute Gasteiger partial charge is 0.339 e. The fourth-order valence-corrected chi connectivity index (χ4v) is 3.37. The minimum absolute atomic E-state index is 0.0926. The minimum Gasteiger partial charge on any atom is -0.490 e. The Morgan fingerprint density at radius 3 is 2.07 bits per heavy atom. The van der Waals surface area contributed by atoms with Crippen molar-refractivity contribution in [3.8, 4) is 11.5 Å². The van der Waals surface area contributed by atoms with Crippen LogP contribution in [-0.4, -0.2) is 33.1 Å². The number of carboxylic acid groups (broad SMARTS) is 1. The van der Waals surface area contributed by atoms with E-state index >= 15 is 0 Å². The highest BCUT2D eigenvalue weighted by atomic mass is 32.2. The zero-order valence-electron chi connectivity index (χ0n) is 16.2. The molecule has 0 heterocycles. The summed E-state index contributed by atoms with van der Waals surface area (Å²) in [6.45, 7) is 2.32. The number of hydrogen-bond donors (Lipinski definition) is 2. The maximum absolute atomic E-state index is 11.8. The molecule has 3 aromatic rings. The first-order chi connectivity index (χ1) is 14.5. The number of nitrogens with zero attached hydrogens (tertiary/aromatic N) is 1. The van der Waals surface area contributed by atoms with E-state index in [0.29, 0.717) is 17.1 Å². The summed E-state index contributed by atoms with van der Waals surface area (Å²) in [7, 11) is 0. The average Bonchev–Trinajstić information content (AvgIpc) is 2.74. The van der Waals surface area contributed by atoms with Crippen molar-refractivity contribution in [2.24, 2.45) is 0 Å². The first-order valence-corrected chi connectivity index (χ1v) is 10.2. The molecule has 2 N–H and O–H groups in total. The number of rotatable bonds is 9. The summed E-state index contributed by atoms with van der Waals surface area (Å²) in [6, 6.07) is 20.4. The van der Waals surface area contributed by atoms with Crippen molar-refractivity contribution in [3.05, 3.63) is 83.9 Å². The van der Waals surface area contributed by atoms with Crippen molar-refractivity contribution in [2.75, 3.05) is 17.5 Å². The van der Waals surface area contributed by atoms with E-state index in [0.717, 1.165) is 5.56 Å². The van der Waals surface area contributed by atoms with Crippen LogP contribution in [0.2, 0.25) is 0 Å². The highest BCUT2D eigenvalue weighted by Gasteiger charge is 2.15. The third-order valence-corrected chi connectivity index (χ3v) is 4.96. The number of anilines is 2. The van der Waals surface area contributed by atoms with Crippen molar-refractivity contribution < 1.29 is 28.1 Å². The van der Waals surface area contributed by atoms with Gasteiger partial charge in [0.2, 0.25) is 0 Å². The van der Waals surface area contributed by atoms with Gasteiger partial charge in [-0.15, -0.1) is 0 Å². The molecule has 3 rings (SSSR count). The molecule has 30 heavy (non-hydrogen) atoms. The van der Waals surface area contributed by atoms with E-state index in [2.05, 4.69) is 0 Å². The Kier molecular flexibility index (Phi) is 7.05. The molecule has 0 aliphatic carbocycles. The first kappa shape index (κ1) is 21.4. The largest absolute Gasteiger partial charge is 0.490 e. The minimum atomic E-state index is -2.23. The van der Waals surface area contributed by atoms with Gasteiger partial charge in [0.15, 0.2) is 0 Å². The van der Waals surface area contributed by atoms with Crippen LogP contribution in [0.3, 0.4) is 0 Å². The summed E-state index contributed by atoms with van der Waals surface area (Å²) in [5, 5.41) is 9.15. The third-order valence-electron chi connectivity index (χ3n) is 4.22. The molecule has 0 radical (unpaired) electrons. The van der Waals surface area contributed by atoms with E-state index in [-0.39, 0.29) is 24.5 Å². The lowest BCUT2D eigenvalue weighted by Crippen LogP contribution is -2.19. The lowest BCUT2D eigenvalue weighted by Gasteiger charge is -2.20. The average molecular weight is 427 g/mol. The number of carbonyl (C=O) groups is 1. The fraction of sp³-hybridized carbons (Fsp3) is 0.136. The van der Waals surface area contributed by atoms with Crippen LogP contribution in [0.4, 0.5) is 11.4 Å². The molecule has 8 heteroatoms. The Morgan fingerprint density at radius 2 is 1.47 bits per heavy atom. The molecule has 0 amide bonds. The Bertz CT molecular complexity index is 1020. The topological polar surface area (TPSA) is 96.3 Å². The van der Waals surface area contributed by atoms with Gasteiger partial charge in [-0.3, -0.25) is 4.55 Å². The van der Waals surface area contributed by atoms with Gasteiger partial charge < -0.3 is 14.6 Å². The second-order valence-corrected chi connectivity index (χ2v) is 7.18. The Morgan fingerprint density at radius 1 is 0.900 bits per heavy atom. The number of benzene rings is 3. The van der Waals surface area contributed by atoms with Crippen LogP contribution in [0.25, 0.3) is 0 Å². The van der Waals surface area contributed by atoms with Gasteiger partial charge in [0.25, 0.3) is 11.3 Å². The first-order valence-electron chi connectivity index (χ1n) is 9.11. The zero-order valence-corrected chi connectivity index (χ0v) is 17.0. The molecule has 3 aromatic carbocycles. The molecule has 0 saturated heterocycles. The zero-order chi connectivity index (χ0) is 21.5. The molecule has 0 bridgehead atoms. The van der Waals surface area contributed by atoms with E-state index in [4.69, 9.17) is 14.6 Å². The third kappa shape index (κ3) is 5.37. The Hall–Kier alpha value is -3.36. The van der Waals surface area contributed by atoms with Crippen molar-refractivity contribution in [1.82, 2.24) is 0 Å². The van der Waals surface area contributed by atoms with Crippen molar-refractivity contribution in [3.63, 3.8) is 0 Å². The van der Waals surface area contributed by atoms with E-state index in [1.54, 1.807) is 54.6 Å². The number of carboxylic acids is 1. The molecule has 0 aromatic heterocycles. The van der Waals surface area contributed by atoms with Crippen LogP contribution >= 0.6 is 0 Å². The summed E-state index contributed by atoms with van der Waals surface area (Å²) < 4.78 is 34.0. The van der Waals surface area contributed by atoms with E-state index in [1.807, 2.05) is 19.1 Å². The fourth-order valence-electron chi connectivity index (χ4n) is 2.77. The SMILES string of the molecule is Cc1ccc(N(c2ccc(OCCOc3ccccc3C(=O)O)cc2)S(=O)O)cc1. The van der Waals surface area contributed by atoms with Crippen molar-refractivity contribution >= 4 is 28.6 Å². The molecule has 156 valence electrons. The van der Waals surface area contributed by atoms with E-state index in [1.165, 1.54) is 10.4 Å². The molecule has 0 aliphatic heterocycles. The number of para-hydroxylation sites is 1. The Labute approximate surface area is 176 Å². The second kappa shape index (κ2) is 9.91. The molecular weight excluding hydrogens is 406 g/mol. The highest BCUT2D eigenvalue weighted by Crippen LogP contribution is 2.28. The van der Waals surface area contributed by atoms with E-state index in [9.17, 15) is 13.6 Å². The monoisotopic (exact) mass is 427 g/mol. The summed E-state index contributed by atoms with van der Waals surface area (Å²) in [6.07, 6.45) is 0. The lowest BCUT2D eigenvalue weighted by atomic mass is 10.2. The molecule has 0 spiro atoms. The normalized spacial score (nSPS) is 11.5. The molecule has 0 saturated carbocycles. The van der Waals surface area contributed by atoms with Gasteiger partial charge in [0, 0.05) is 0 Å². The molecule has 0 aliphatic rings. The summed E-state index contributed by atoms with van der Waals surface area (Å²) >= 11 is -2.23. The molecule has 1 atom stereocenters. The van der Waals surface area contributed by atoms with Gasteiger partial charge in [-0.05, 0) is 55.5 Å². The molecule has 1 unspecified atom stereocenters. The van der Waals surface area contributed by atoms with Crippen molar-refractivity contribution in [1.29, 1.82) is 0 Å². The van der Waals surface area contributed by atoms with Crippen LogP contribution in [0.1, 0.15) is 15.9 Å². The van der Waals surface area contributed by atoms with Gasteiger partial charge in [-0.2, -0.15) is 0 Å². The van der Waals surface area contributed by atoms with Crippen LogP contribution in [-0.2, 0) is 11.3 Å². The quantitative estimate of drug-likeness (QED) is 0.387. The maximum atomic E-state index is 11.8. The van der Waals surface area contributed by atoms with Crippen LogP contribution < -0.4 is 13.8 Å². The van der Waals surface area contributed by atoms with Crippen molar-refractivity contribution in [2.45, 2.75) is 6.92 Å². The molecular formula is C22H21NO6S. The lowest BCUT2D eigenvalue weighted by molar-refractivity contribution is 0.0691. The van der Waals surface area contributed by atoms with Gasteiger partial charge >= 0.3 is 5.97 Å². The standard InChI is InChI=1S/C22H21NO6S/c1-16-6-8-17(9-7-16)23(30(26)27)18-10-12-19(13-11-18)28-14-15-29-21-5-3-2-4-20(21)22(24)25/h2-13H,14-15H2,1H3,(H,24,25)(H,26,27). The van der Waals surface area contributed by atoms with Gasteiger partial charge in [-0.1, -0.05) is 29.8 Å². The van der Waals surface area contributed by atoms with Gasteiger partial charge in [0.05, 0.1) is 11.4 Å². The maximum Gasteiger partial charge on any atom is 0.339 e. The number of aryl methyl sites for hydroxylation is 1. The van der Waals surface area contributed by atoms with E-state index < -0.39 is 17.2 Å². The second-order valence-electron chi connectivity index (χ2n) is 6.35. The predicted molar refractivity (Wildman–Crippen MR) is 115 cm³/mol. The predicted octanol–water partition coefficient (Wildman–Crippen LogP) is 4.43.